The van der Waals surface area contributed by atoms with Crippen LogP contribution in [0.15, 0.2) is 78.9 Å². The van der Waals surface area contributed by atoms with Gasteiger partial charge in [0.2, 0.25) is 7.28 Å². The van der Waals surface area contributed by atoms with Crippen molar-refractivity contribution in [2.45, 2.75) is 239 Å². The Morgan fingerprint density at radius 1 is 0.405 bits per heavy atom. The molecule has 13 rings (SSSR count). The Balaban J connectivity index is 1.09. The van der Waals surface area contributed by atoms with Gasteiger partial charge in [0.1, 0.15) is 0 Å². The van der Waals surface area contributed by atoms with E-state index >= 15 is 0 Å². The van der Waals surface area contributed by atoms with E-state index in [9.17, 15) is 0 Å². The van der Waals surface area contributed by atoms with Crippen molar-refractivity contribution in [3.8, 4) is 22.3 Å². The molecule has 1 aliphatic heterocycles. The molecule has 2 nitrogen and oxygen atoms in total. The lowest BCUT2D eigenvalue weighted by Gasteiger charge is -2.44. The molecule has 410 valence electrons. The Morgan fingerprint density at radius 2 is 0.861 bits per heavy atom. The van der Waals surface area contributed by atoms with Gasteiger partial charge in [-0.25, -0.2) is 0 Å². The lowest BCUT2D eigenvalue weighted by molar-refractivity contribution is 0.331. The molecule has 0 saturated carbocycles. The van der Waals surface area contributed by atoms with Gasteiger partial charge in [-0.15, -0.1) is 11.3 Å². The maximum atomic E-state index is 4.27. The van der Waals surface area contributed by atoms with Gasteiger partial charge in [-0.1, -0.05) is 149 Å². The molecule has 0 fully saturated rings. The average Bonchev–Trinajstić information content (AvgIpc) is 3.37. The molecule has 6 aromatic carbocycles. The number of fused-ring (bicyclic) bond motifs is 11. The van der Waals surface area contributed by atoms with Crippen molar-refractivity contribution in [1.29, 1.82) is 0 Å². The summed E-state index contributed by atoms with van der Waals surface area (Å²) in [5, 5.41) is 5.69. The van der Waals surface area contributed by atoms with Crippen molar-refractivity contribution < 1.29 is 0 Å². The minimum absolute atomic E-state index is 0.0692. The fourth-order valence-corrected chi connectivity index (χ4v) is 17.7. The van der Waals surface area contributed by atoms with Crippen LogP contribution in [0, 0.1) is 13.8 Å². The number of rotatable bonds is 4. The Kier molecular flexibility index (Phi) is 11.2. The molecule has 0 saturated heterocycles. The van der Waals surface area contributed by atoms with Gasteiger partial charge in [0.05, 0.1) is 5.69 Å². The van der Waals surface area contributed by atoms with Crippen molar-refractivity contribution >= 4 is 67.4 Å². The molecule has 1 N–H and O–H groups in total. The number of aryl methyl sites for hydroxylation is 2. The van der Waals surface area contributed by atoms with Crippen LogP contribution in [0.4, 0.5) is 28.4 Å². The summed E-state index contributed by atoms with van der Waals surface area (Å²) >= 11 is 2.06. The van der Waals surface area contributed by atoms with Gasteiger partial charge in [0.15, 0.2) is 0 Å². The van der Waals surface area contributed by atoms with Crippen LogP contribution in [-0.2, 0) is 48.7 Å². The molecule has 0 bridgehead atoms. The molecule has 79 heavy (non-hydrogen) atoms. The predicted octanol–water partition coefficient (Wildman–Crippen LogP) is 19.8. The van der Waals surface area contributed by atoms with Crippen LogP contribution in [0.5, 0.6) is 0 Å². The molecule has 0 amide bonds. The maximum absolute atomic E-state index is 4.27. The van der Waals surface area contributed by atoms with E-state index < -0.39 is 0 Å². The number of nitrogens with zero attached hydrogens (tertiary/aromatic N) is 1. The Hall–Kier alpha value is -5.06. The standard InChI is InChI=1S/C75H91BN2S/c1-42-31-48(47-36-51-46(38-60(47)77-44-21-22-50-54(34-44)69(7,8)24-23-67(50,3)4)45-35-55-57(39-52(45)75(51,19)20)72(13,14)28-26-70(55,9)10)64-62(32-42)78(61-40-58-53(33-43(61)2)68(5,6)25-29-73(58,15)16)65-49-37-56-59(41-63(49)79-66(65)76-64)74(17,18)30-27-71(56,11)12/h21-22,31-41,76-77H,23-30H2,1-20H3. The minimum atomic E-state index is -0.192. The predicted molar refractivity (Wildman–Crippen MR) is 346 cm³/mol. The van der Waals surface area contributed by atoms with Crippen molar-refractivity contribution in [2.75, 3.05) is 10.2 Å². The molecule has 0 unspecified atom stereocenters. The number of nitrogens with one attached hydrogen (secondary N) is 1. The van der Waals surface area contributed by atoms with Gasteiger partial charge >= 0.3 is 0 Å². The first-order chi connectivity index (χ1) is 36.6. The van der Waals surface area contributed by atoms with Gasteiger partial charge < -0.3 is 10.2 Å². The second kappa shape index (κ2) is 16.6. The number of benzene rings is 6. The summed E-state index contributed by atoms with van der Waals surface area (Å²) in [5.41, 5.74) is 31.8. The van der Waals surface area contributed by atoms with Crippen LogP contribution >= 0.6 is 11.3 Å². The lowest BCUT2D eigenvalue weighted by Crippen LogP contribution is -2.40. The van der Waals surface area contributed by atoms with E-state index in [2.05, 4.69) is 239 Å². The molecule has 2 heterocycles. The van der Waals surface area contributed by atoms with Crippen molar-refractivity contribution in [1.82, 2.24) is 0 Å². The number of hydrogen-bond donors (Lipinski definition) is 1. The monoisotopic (exact) mass is 1060 g/mol. The first-order valence-corrected chi connectivity index (χ1v) is 31.4. The third-order valence-corrected chi connectivity index (χ3v) is 23.6. The van der Waals surface area contributed by atoms with Gasteiger partial charge in [0.25, 0.3) is 0 Å². The van der Waals surface area contributed by atoms with E-state index in [1.165, 1.54) is 178 Å². The molecular formula is C75H91BN2S. The average molecular weight is 1060 g/mol. The summed E-state index contributed by atoms with van der Waals surface area (Å²) in [6.07, 6.45) is 9.61. The summed E-state index contributed by atoms with van der Waals surface area (Å²) in [5.74, 6) is 0. The normalized spacial score (nSPS) is 22.0. The Morgan fingerprint density at radius 3 is 1.44 bits per heavy atom. The third kappa shape index (κ3) is 7.87. The smallest absolute Gasteiger partial charge is 0.211 e. The summed E-state index contributed by atoms with van der Waals surface area (Å²) in [6.45, 7) is 49.5. The zero-order valence-electron chi connectivity index (χ0n) is 52.2. The number of thiophene rings is 1. The van der Waals surface area contributed by atoms with Crippen LogP contribution in [0.25, 0.3) is 32.3 Å². The molecule has 7 aromatic rings. The lowest BCUT2D eigenvalue weighted by atomic mass is 9.61. The van der Waals surface area contributed by atoms with Crippen molar-refractivity contribution in [3.05, 3.63) is 146 Å². The molecule has 6 aliphatic rings. The SMILES string of the molecule is Cc1cc(-c2cc3c(cc2Nc2ccc4c(c2)C(C)(C)CCC4(C)C)-c2cc4c(cc2C3(C)C)C(C)(C)CCC4(C)C)c2c(c1)N(c1cc3c(cc1C)C(C)(C)CCC3(C)C)c1c(sc3cc4c(cc13)C(C)(C)CCC4(C)C)B2. The summed E-state index contributed by atoms with van der Waals surface area (Å²) in [4.78, 5) is 2.78. The Labute approximate surface area is 481 Å². The van der Waals surface area contributed by atoms with Crippen LogP contribution in [-0.4, -0.2) is 7.28 Å². The first-order valence-electron chi connectivity index (χ1n) is 30.6. The van der Waals surface area contributed by atoms with Gasteiger partial charge in [-0.2, -0.15) is 0 Å². The highest BCUT2D eigenvalue weighted by molar-refractivity contribution is 7.29. The van der Waals surface area contributed by atoms with Gasteiger partial charge in [0, 0.05) is 43.8 Å². The molecule has 4 heteroatoms. The fraction of sp³-hybridized carbons (Fsp3) is 0.493. The molecule has 0 radical (unpaired) electrons. The molecule has 1 aromatic heterocycles. The largest absolute Gasteiger partial charge is 0.355 e. The van der Waals surface area contributed by atoms with Crippen LogP contribution in [0.1, 0.15) is 243 Å². The van der Waals surface area contributed by atoms with Crippen LogP contribution < -0.4 is 20.5 Å². The third-order valence-electron chi connectivity index (χ3n) is 22.5. The van der Waals surface area contributed by atoms with E-state index in [4.69, 9.17) is 0 Å². The second-order valence-electron chi connectivity index (χ2n) is 32.2. The van der Waals surface area contributed by atoms with E-state index in [-0.39, 0.29) is 48.7 Å². The highest BCUT2D eigenvalue weighted by Crippen LogP contribution is 2.59. The quantitative estimate of drug-likeness (QED) is 0.177. The maximum Gasteiger partial charge on any atom is 0.211 e. The highest BCUT2D eigenvalue weighted by Gasteiger charge is 2.46. The topological polar surface area (TPSA) is 15.3 Å². The molecule has 0 atom stereocenters. The molecule has 5 aliphatic carbocycles. The Bertz CT molecular complexity index is 3800. The summed E-state index contributed by atoms with van der Waals surface area (Å²) in [6, 6.07) is 33.6. The number of anilines is 5. The molecular weight excluding hydrogens is 972 g/mol. The zero-order valence-corrected chi connectivity index (χ0v) is 53.0. The first kappa shape index (κ1) is 53.3. The van der Waals surface area contributed by atoms with E-state index in [0.29, 0.717) is 0 Å². The van der Waals surface area contributed by atoms with Crippen molar-refractivity contribution in [3.63, 3.8) is 0 Å². The summed E-state index contributed by atoms with van der Waals surface area (Å²) < 4.78 is 2.90. The van der Waals surface area contributed by atoms with Crippen molar-refractivity contribution in [2.24, 2.45) is 0 Å². The van der Waals surface area contributed by atoms with E-state index in [0.717, 1.165) is 7.28 Å². The second-order valence-corrected chi connectivity index (χ2v) is 33.4. The van der Waals surface area contributed by atoms with E-state index in [1.54, 1.807) is 11.1 Å². The zero-order chi connectivity index (χ0) is 56.5. The fourth-order valence-electron chi connectivity index (χ4n) is 16.5. The van der Waals surface area contributed by atoms with Crippen LogP contribution in [0.3, 0.4) is 0 Å². The van der Waals surface area contributed by atoms with Crippen LogP contribution in [0.2, 0.25) is 0 Å². The van der Waals surface area contributed by atoms with E-state index in [1.807, 2.05) is 0 Å². The van der Waals surface area contributed by atoms with Gasteiger partial charge in [-0.05, 0) is 257 Å². The van der Waals surface area contributed by atoms with Gasteiger partial charge in [-0.3, -0.25) is 0 Å². The highest BCUT2D eigenvalue weighted by atomic mass is 32.1. The minimum Gasteiger partial charge on any atom is -0.355 e. The number of hydrogen-bond acceptors (Lipinski definition) is 3. The molecule has 0 spiro atoms. The summed E-state index contributed by atoms with van der Waals surface area (Å²) in [7, 11) is 0.884.